The maximum Gasteiger partial charge on any atom is 0.242 e. The van der Waals surface area contributed by atoms with Crippen molar-refractivity contribution in [3.8, 4) is 0 Å². The molecule has 0 spiro atoms. The number of aromatic nitrogens is 3. The number of nitrogens with zero attached hydrogens (tertiary/aromatic N) is 3. The lowest BCUT2D eigenvalue weighted by atomic mass is 9.76. The Morgan fingerprint density at radius 3 is 2.93 bits per heavy atom. The zero-order valence-corrected chi connectivity index (χ0v) is 8.73. The van der Waals surface area contributed by atoms with E-state index >= 15 is 0 Å². The van der Waals surface area contributed by atoms with E-state index in [1.807, 2.05) is 0 Å². The minimum absolute atomic E-state index is 0.00912. The lowest BCUT2D eigenvalue weighted by Gasteiger charge is -2.38. The summed E-state index contributed by atoms with van der Waals surface area (Å²) in [6.45, 7) is 0.428. The largest absolute Gasteiger partial charge is 0.337 e. The van der Waals surface area contributed by atoms with Crippen molar-refractivity contribution in [3.63, 3.8) is 0 Å². The first-order chi connectivity index (χ1) is 7.12. The summed E-state index contributed by atoms with van der Waals surface area (Å²) < 4.78 is 0. The predicted octanol–water partition coefficient (Wildman–Crippen LogP) is -0.356. The van der Waals surface area contributed by atoms with Crippen LogP contribution in [0, 0.1) is 0 Å². The van der Waals surface area contributed by atoms with Gasteiger partial charge in [0.2, 0.25) is 5.91 Å². The topological polar surface area (TPSA) is 87.9 Å². The van der Waals surface area contributed by atoms with Crippen LogP contribution < -0.4 is 5.73 Å². The molecule has 0 atom stereocenters. The Labute approximate surface area is 87.9 Å². The average Bonchev–Trinajstić information content (AvgIpc) is 2.65. The molecule has 0 saturated heterocycles. The number of H-pyrrole nitrogens is 1. The van der Waals surface area contributed by atoms with Gasteiger partial charge < -0.3 is 10.6 Å². The van der Waals surface area contributed by atoms with E-state index in [1.165, 1.54) is 6.33 Å². The number of likely N-dealkylation sites (N-methyl/N-ethyl adjacent to an activating group) is 1. The van der Waals surface area contributed by atoms with Crippen LogP contribution in [0.2, 0.25) is 0 Å². The van der Waals surface area contributed by atoms with Crippen LogP contribution >= 0.6 is 0 Å². The Balaban J connectivity index is 1.96. The maximum absolute atomic E-state index is 11.9. The van der Waals surface area contributed by atoms with Crippen molar-refractivity contribution < 1.29 is 4.79 Å². The SMILES string of the molecule is CN(Cc1ncn[nH]1)C(=O)C1(N)CCC1. The standard InChI is InChI=1S/C9H15N5O/c1-14(5-7-11-6-12-13-7)8(15)9(10)3-2-4-9/h6H,2-5,10H2,1H3,(H,11,12,13). The molecular weight excluding hydrogens is 194 g/mol. The Bertz CT molecular complexity index is 343. The lowest BCUT2D eigenvalue weighted by Crippen LogP contribution is -2.58. The molecule has 1 aromatic heterocycles. The van der Waals surface area contributed by atoms with Crippen LogP contribution in [-0.2, 0) is 11.3 Å². The van der Waals surface area contributed by atoms with Crippen molar-refractivity contribution in [1.29, 1.82) is 0 Å². The van der Waals surface area contributed by atoms with Crippen LogP contribution in [0.15, 0.2) is 6.33 Å². The highest BCUT2D eigenvalue weighted by molar-refractivity contribution is 5.86. The molecule has 1 heterocycles. The second kappa shape index (κ2) is 3.62. The van der Waals surface area contributed by atoms with Crippen molar-refractivity contribution in [2.24, 2.45) is 5.73 Å². The molecule has 1 fully saturated rings. The van der Waals surface area contributed by atoms with Gasteiger partial charge in [0.25, 0.3) is 0 Å². The van der Waals surface area contributed by atoms with Gasteiger partial charge in [0.05, 0.1) is 12.1 Å². The lowest BCUT2D eigenvalue weighted by molar-refractivity contribution is -0.139. The Morgan fingerprint density at radius 1 is 1.73 bits per heavy atom. The van der Waals surface area contributed by atoms with Crippen LogP contribution in [-0.4, -0.2) is 38.6 Å². The highest BCUT2D eigenvalue weighted by Gasteiger charge is 2.41. The van der Waals surface area contributed by atoms with Gasteiger partial charge >= 0.3 is 0 Å². The number of aromatic amines is 1. The van der Waals surface area contributed by atoms with Crippen LogP contribution in [0.1, 0.15) is 25.1 Å². The van der Waals surface area contributed by atoms with Crippen LogP contribution in [0.5, 0.6) is 0 Å². The summed E-state index contributed by atoms with van der Waals surface area (Å²) in [5.74, 6) is 0.666. The van der Waals surface area contributed by atoms with Gasteiger partial charge in [-0.15, -0.1) is 0 Å². The van der Waals surface area contributed by atoms with E-state index in [4.69, 9.17) is 5.73 Å². The molecule has 0 aliphatic heterocycles. The molecule has 1 saturated carbocycles. The number of carbonyl (C=O) groups is 1. The fourth-order valence-electron chi connectivity index (χ4n) is 1.76. The van der Waals surface area contributed by atoms with Gasteiger partial charge in [-0.25, -0.2) is 4.98 Å². The summed E-state index contributed by atoms with van der Waals surface area (Å²) in [4.78, 5) is 17.5. The minimum Gasteiger partial charge on any atom is -0.337 e. The summed E-state index contributed by atoms with van der Waals surface area (Å²) in [5, 5.41) is 6.44. The van der Waals surface area contributed by atoms with E-state index in [1.54, 1.807) is 11.9 Å². The van der Waals surface area contributed by atoms with E-state index < -0.39 is 5.54 Å². The average molecular weight is 209 g/mol. The van der Waals surface area contributed by atoms with Gasteiger partial charge in [-0.2, -0.15) is 5.10 Å². The van der Waals surface area contributed by atoms with E-state index in [2.05, 4.69) is 15.2 Å². The van der Waals surface area contributed by atoms with Crippen molar-refractivity contribution in [1.82, 2.24) is 20.1 Å². The van der Waals surface area contributed by atoms with Gasteiger partial charge in [0.15, 0.2) is 0 Å². The predicted molar refractivity (Wildman–Crippen MR) is 53.6 cm³/mol. The molecule has 0 radical (unpaired) electrons. The molecule has 15 heavy (non-hydrogen) atoms. The summed E-state index contributed by atoms with van der Waals surface area (Å²) in [6, 6.07) is 0. The number of hydrogen-bond donors (Lipinski definition) is 2. The normalized spacial score (nSPS) is 18.3. The van der Waals surface area contributed by atoms with Gasteiger partial charge in [-0.05, 0) is 19.3 Å². The Kier molecular flexibility index (Phi) is 2.44. The van der Waals surface area contributed by atoms with Crippen LogP contribution in [0.4, 0.5) is 0 Å². The Morgan fingerprint density at radius 2 is 2.47 bits per heavy atom. The fraction of sp³-hybridized carbons (Fsp3) is 0.667. The number of nitrogens with two attached hydrogens (primary N) is 1. The molecule has 6 heteroatoms. The first kappa shape index (κ1) is 10.1. The Hall–Kier alpha value is -1.43. The number of hydrogen-bond acceptors (Lipinski definition) is 4. The first-order valence-electron chi connectivity index (χ1n) is 5.00. The molecule has 1 aromatic rings. The van der Waals surface area contributed by atoms with Crippen molar-refractivity contribution in [3.05, 3.63) is 12.2 Å². The van der Waals surface area contributed by atoms with Gasteiger partial charge in [-0.1, -0.05) is 0 Å². The first-order valence-corrected chi connectivity index (χ1v) is 5.00. The van der Waals surface area contributed by atoms with E-state index in [9.17, 15) is 4.79 Å². The summed E-state index contributed by atoms with van der Waals surface area (Å²) in [7, 11) is 1.73. The second-order valence-corrected chi connectivity index (χ2v) is 4.10. The highest BCUT2D eigenvalue weighted by Crippen LogP contribution is 2.30. The van der Waals surface area contributed by atoms with Gasteiger partial charge in [-0.3, -0.25) is 9.89 Å². The summed E-state index contributed by atoms with van der Waals surface area (Å²) in [5.41, 5.74) is 5.31. The molecule has 0 bridgehead atoms. The van der Waals surface area contributed by atoms with E-state index in [0.29, 0.717) is 12.4 Å². The third-order valence-electron chi connectivity index (χ3n) is 2.87. The monoisotopic (exact) mass is 209 g/mol. The molecule has 1 aliphatic rings. The van der Waals surface area contributed by atoms with E-state index in [-0.39, 0.29) is 5.91 Å². The second-order valence-electron chi connectivity index (χ2n) is 4.10. The fourth-order valence-corrected chi connectivity index (χ4v) is 1.76. The molecule has 3 N–H and O–H groups in total. The van der Waals surface area contributed by atoms with E-state index in [0.717, 1.165) is 19.3 Å². The van der Waals surface area contributed by atoms with Crippen molar-refractivity contribution in [2.45, 2.75) is 31.3 Å². The minimum atomic E-state index is -0.630. The van der Waals surface area contributed by atoms with Crippen molar-refractivity contribution >= 4 is 5.91 Å². The smallest absolute Gasteiger partial charge is 0.242 e. The number of nitrogens with one attached hydrogen (secondary N) is 1. The molecule has 2 rings (SSSR count). The summed E-state index contributed by atoms with van der Waals surface area (Å²) >= 11 is 0. The van der Waals surface area contributed by atoms with Crippen LogP contribution in [0.25, 0.3) is 0 Å². The molecule has 0 aromatic carbocycles. The molecule has 1 aliphatic carbocycles. The van der Waals surface area contributed by atoms with Crippen molar-refractivity contribution in [2.75, 3.05) is 7.05 Å². The third-order valence-corrected chi connectivity index (χ3v) is 2.87. The molecular formula is C9H15N5O. The van der Waals surface area contributed by atoms with Gasteiger partial charge in [0, 0.05) is 7.05 Å². The maximum atomic E-state index is 11.9. The molecule has 1 amide bonds. The molecule has 82 valence electrons. The molecule has 6 nitrogen and oxygen atoms in total. The summed E-state index contributed by atoms with van der Waals surface area (Å²) in [6.07, 6.45) is 4.03. The zero-order valence-electron chi connectivity index (χ0n) is 8.73. The van der Waals surface area contributed by atoms with Gasteiger partial charge in [0.1, 0.15) is 12.2 Å². The highest BCUT2D eigenvalue weighted by atomic mass is 16.2. The quantitative estimate of drug-likeness (QED) is 0.712. The number of rotatable bonds is 3. The molecule has 0 unspecified atom stereocenters. The number of amides is 1. The zero-order chi connectivity index (χ0) is 10.9. The number of carbonyl (C=O) groups excluding carboxylic acids is 1. The van der Waals surface area contributed by atoms with Crippen LogP contribution in [0.3, 0.4) is 0 Å². The third kappa shape index (κ3) is 1.85.